The van der Waals surface area contributed by atoms with Crippen molar-refractivity contribution < 1.29 is 23.8 Å². The summed E-state index contributed by atoms with van der Waals surface area (Å²) in [7, 11) is 0. The Balaban J connectivity index is 1.85. The summed E-state index contributed by atoms with van der Waals surface area (Å²) in [4.78, 5) is 27.5. The van der Waals surface area contributed by atoms with Crippen LogP contribution in [-0.4, -0.2) is 50.4 Å². The number of carbonyl (C=O) groups is 2. The summed E-state index contributed by atoms with van der Waals surface area (Å²) in [6, 6.07) is 12.0. The van der Waals surface area contributed by atoms with E-state index < -0.39 is 11.6 Å². The monoisotopic (exact) mass is 446 g/mol. The Bertz CT molecular complexity index is 924. The highest BCUT2D eigenvalue weighted by Gasteiger charge is 2.31. The molecule has 31 heavy (non-hydrogen) atoms. The molecule has 1 aliphatic rings. The molecule has 1 saturated heterocycles. The number of amides is 1. The van der Waals surface area contributed by atoms with Gasteiger partial charge in [0.05, 0.1) is 36.8 Å². The van der Waals surface area contributed by atoms with Crippen LogP contribution in [0.1, 0.15) is 31.1 Å². The maximum absolute atomic E-state index is 13.1. The normalized spacial score (nSPS) is 14.1. The van der Waals surface area contributed by atoms with Crippen LogP contribution in [-0.2, 0) is 14.3 Å². The van der Waals surface area contributed by atoms with Gasteiger partial charge in [-0.3, -0.25) is 4.79 Å². The largest absolute Gasteiger partial charge is 0.478 e. The molecule has 1 amide bonds. The summed E-state index contributed by atoms with van der Waals surface area (Å²) < 4.78 is 16.4. The van der Waals surface area contributed by atoms with Crippen LogP contribution in [0.15, 0.2) is 42.5 Å². The van der Waals surface area contributed by atoms with Gasteiger partial charge in [0.1, 0.15) is 5.75 Å². The fourth-order valence-corrected chi connectivity index (χ4v) is 3.30. The zero-order valence-corrected chi connectivity index (χ0v) is 18.7. The number of ether oxygens (including phenoxy) is 3. The molecule has 0 atom stereocenters. The Morgan fingerprint density at radius 3 is 2.45 bits per heavy atom. The van der Waals surface area contributed by atoms with Gasteiger partial charge in [-0.15, -0.1) is 0 Å². The number of esters is 1. The number of nitrogens with zero attached hydrogens (tertiary/aromatic N) is 1. The molecular formula is C23H27ClN2O5. The molecular weight excluding hydrogens is 420 g/mol. The summed E-state index contributed by atoms with van der Waals surface area (Å²) >= 11 is 5.92. The lowest BCUT2D eigenvalue weighted by atomic mass is 10.1. The van der Waals surface area contributed by atoms with Crippen molar-refractivity contribution in [2.45, 2.75) is 26.4 Å². The van der Waals surface area contributed by atoms with Crippen LogP contribution in [0.25, 0.3) is 0 Å². The molecule has 0 bridgehead atoms. The summed E-state index contributed by atoms with van der Waals surface area (Å²) in [6.45, 7) is 7.95. The molecule has 0 radical (unpaired) electrons. The number of morpholine rings is 1. The molecule has 8 heteroatoms. The minimum Gasteiger partial charge on any atom is -0.478 e. The minimum atomic E-state index is -1.17. The molecule has 0 aromatic heterocycles. The number of benzene rings is 2. The lowest BCUT2D eigenvalue weighted by molar-refractivity contribution is -0.128. The number of halogens is 1. The van der Waals surface area contributed by atoms with Crippen molar-refractivity contribution in [3.8, 4) is 5.75 Å². The summed E-state index contributed by atoms with van der Waals surface area (Å²) in [5.41, 5.74) is 0.526. The van der Waals surface area contributed by atoms with Gasteiger partial charge in [0, 0.05) is 18.1 Å². The first-order valence-corrected chi connectivity index (χ1v) is 10.6. The van der Waals surface area contributed by atoms with Gasteiger partial charge in [0.2, 0.25) is 0 Å². The third kappa shape index (κ3) is 5.89. The third-order valence-corrected chi connectivity index (χ3v) is 5.09. The van der Waals surface area contributed by atoms with Crippen LogP contribution in [0.2, 0.25) is 5.02 Å². The van der Waals surface area contributed by atoms with Gasteiger partial charge in [-0.05, 0) is 63.2 Å². The molecule has 2 aromatic rings. The van der Waals surface area contributed by atoms with Crippen molar-refractivity contribution in [1.82, 2.24) is 0 Å². The molecule has 0 spiro atoms. The Hall–Kier alpha value is -2.77. The van der Waals surface area contributed by atoms with Crippen molar-refractivity contribution in [2.75, 3.05) is 43.1 Å². The van der Waals surface area contributed by atoms with Crippen LogP contribution in [0, 0.1) is 0 Å². The van der Waals surface area contributed by atoms with E-state index in [0.717, 1.165) is 5.69 Å². The van der Waals surface area contributed by atoms with Gasteiger partial charge >= 0.3 is 5.97 Å². The zero-order chi connectivity index (χ0) is 22.4. The van der Waals surface area contributed by atoms with Crippen LogP contribution >= 0.6 is 11.6 Å². The first kappa shape index (κ1) is 22.9. The number of carbonyl (C=O) groups excluding carboxylic acids is 2. The number of hydrogen-bond acceptors (Lipinski definition) is 6. The average Bonchev–Trinajstić information content (AvgIpc) is 2.76. The molecule has 2 aromatic carbocycles. The van der Waals surface area contributed by atoms with E-state index in [1.807, 2.05) is 6.07 Å². The highest BCUT2D eigenvalue weighted by atomic mass is 35.5. The van der Waals surface area contributed by atoms with E-state index in [1.54, 1.807) is 57.2 Å². The van der Waals surface area contributed by atoms with Gasteiger partial charge < -0.3 is 24.4 Å². The van der Waals surface area contributed by atoms with Gasteiger partial charge in [0.25, 0.3) is 5.91 Å². The first-order chi connectivity index (χ1) is 14.8. The number of anilines is 2. The van der Waals surface area contributed by atoms with E-state index >= 15 is 0 Å². The maximum atomic E-state index is 13.1. The van der Waals surface area contributed by atoms with Crippen molar-refractivity contribution in [3.05, 3.63) is 53.1 Å². The second-order valence-corrected chi connectivity index (χ2v) is 8.01. The first-order valence-electron chi connectivity index (χ1n) is 10.2. The van der Waals surface area contributed by atoms with E-state index in [1.165, 1.54) is 0 Å². The van der Waals surface area contributed by atoms with E-state index in [4.69, 9.17) is 25.8 Å². The van der Waals surface area contributed by atoms with E-state index in [0.29, 0.717) is 48.3 Å². The van der Waals surface area contributed by atoms with Crippen LogP contribution in [0.4, 0.5) is 11.4 Å². The van der Waals surface area contributed by atoms with Crippen molar-refractivity contribution >= 4 is 34.9 Å². The van der Waals surface area contributed by atoms with Crippen LogP contribution in [0.3, 0.4) is 0 Å². The molecule has 0 aliphatic carbocycles. The van der Waals surface area contributed by atoms with Gasteiger partial charge in [-0.2, -0.15) is 0 Å². The number of nitrogens with one attached hydrogen (secondary N) is 1. The summed E-state index contributed by atoms with van der Waals surface area (Å²) in [6.07, 6.45) is 0. The Morgan fingerprint density at radius 1 is 1.13 bits per heavy atom. The predicted molar refractivity (Wildman–Crippen MR) is 120 cm³/mol. The number of rotatable bonds is 7. The summed E-state index contributed by atoms with van der Waals surface area (Å²) in [5.74, 6) is -0.264. The van der Waals surface area contributed by atoms with Crippen LogP contribution in [0.5, 0.6) is 5.75 Å². The van der Waals surface area contributed by atoms with E-state index in [2.05, 4.69) is 10.2 Å². The Morgan fingerprint density at radius 2 is 1.81 bits per heavy atom. The highest BCUT2D eigenvalue weighted by molar-refractivity contribution is 6.30. The SMILES string of the molecule is CCOC(=O)c1ccc(N2CCOCC2)c(NC(=O)C(C)(C)Oc2ccc(Cl)cc2)c1. The second kappa shape index (κ2) is 10.0. The van der Waals surface area contributed by atoms with Gasteiger partial charge in [-0.1, -0.05) is 11.6 Å². The smallest absolute Gasteiger partial charge is 0.338 e. The Labute approximate surface area is 187 Å². The average molecular weight is 447 g/mol. The fraction of sp³-hybridized carbons (Fsp3) is 0.391. The number of hydrogen-bond donors (Lipinski definition) is 1. The molecule has 7 nitrogen and oxygen atoms in total. The third-order valence-electron chi connectivity index (χ3n) is 4.84. The van der Waals surface area contributed by atoms with Crippen molar-refractivity contribution in [3.63, 3.8) is 0 Å². The van der Waals surface area contributed by atoms with Crippen molar-refractivity contribution in [1.29, 1.82) is 0 Å². The standard InChI is InChI=1S/C23H27ClN2O5/c1-4-30-21(27)16-5-10-20(26-11-13-29-14-12-26)19(15-16)25-22(28)23(2,3)31-18-8-6-17(24)7-9-18/h5-10,15H,4,11-14H2,1-3H3,(H,25,28). The molecule has 1 heterocycles. The highest BCUT2D eigenvalue weighted by Crippen LogP contribution is 2.30. The second-order valence-electron chi connectivity index (χ2n) is 7.57. The van der Waals surface area contributed by atoms with Gasteiger partial charge in [0.15, 0.2) is 5.60 Å². The molecule has 1 N–H and O–H groups in total. The fourth-order valence-electron chi connectivity index (χ4n) is 3.17. The zero-order valence-electron chi connectivity index (χ0n) is 17.9. The lowest BCUT2D eigenvalue weighted by Crippen LogP contribution is -2.43. The summed E-state index contributed by atoms with van der Waals surface area (Å²) in [5, 5.41) is 3.52. The molecule has 3 rings (SSSR count). The predicted octanol–water partition coefficient (Wildman–Crippen LogP) is 4.15. The van der Waals surface area contributed by atoms with E-state index in [9.17, 15) is 9.59 Å². The van der Waals surface area contributed by atoms with Gasteiger partial charge in [-0.25, -0.2) is 4.79 Å². The van der Waals surface area contributed by atoms with Crippen LogP contribution < -0.4 is 15.0 Å². The molecule has 1 aliphatic heterocycles. The topological polar surface area (TPSA) is 77.1 Å². The van der Waals surface area contributed by atoms with E-state index in [-0.39, 0.29) is 12.5 Å². The minimum absolute atomic E-state index is 0.272. The Kier molecular flexibility index (Phi) is 7.41. The molecule has 0 unspecified atom stereocenters. The maximum Gasteiger partial charge on any atom is 0.338 e. The lowest BCUT2D eigenvalue weighted by Gasteiger charge is -2.32. The van der Waals surface area contributed by atoms with Crippen molar-refractivity contribution in [2.24, 2.45) is 0 Å². The molecule has 0 saturated carbocycles. The molecule has 1 fully saturated rings. The molecule has 166 valence electrons. The quantitative estimate of drug-likeness (QED) is 0.644.